The van der Waals surface area contributed by atoms with Crippen LogP contribution in [0.5, 0.6) is 0 Å². The molecule has 0 spiro atoms. The molecule has 1 heterocycles. The van der Waals surface area contributed by atoms with Crippen molar-refractivity contribution < 1.29 is 9.59 Å². The maximum atomic E-state index is 12.1. The van der Waals surface area contributed by atoms with Crippen LogP contribution in [0.3, 0.4) is 0 Å². The van der Waals surface area contributed by atoms with Gasteiger partial charge in [-0.05, 0) is 18.6 Å². The Morgan fingerprint density at radius 2 is 2.00 bits per heavy atom. The van der Waals surface area contributed by atoms with Crippen LogP contribution in [0.25, 0.3) is 0 Å². The van der Waals surface area contributed by atoms with Crippen LogP contribution in [-0.2, 0) is 11.2 Å². The third-order valence-electron chi connectivity index (χ3n) is 3.41. The molecule has 23 heavy (non-hydrogen) atoms. The molecular weight excluding hydrogens is 310 g/mol. The summed E-state index contributed by atoms with van der Waals surface area (Å²) in [5.74, 6) is -0.150. The van der Waals surface area contributed by atoms with Gasteiger partial charge >= 0.3 is 0 Å². The van der Waals surface area contributed by atoms with Gasteiger partial charge in [-0.1, -0.05) is 31.5 Å². The van der Waals surface area contributed by atoms with Gasteiger partial charge in [0, 0.05) is 24.5 Å². The number of carbonyl (C=O) groups is 2. The number of nitrogens with one attached hydrogen (secondary N) is 1. The number of hydrogen-bond donors (Lipinski definition) is 1. The fraction of sp³-hybridized carbons (Fsp3) is 0.353. The van der Waals surface area contributed by atoms with Gasteiger partial charge < -0.3 is 4.90 Å². The van der Waals surface area contributed by atoms with Crippen LogP contribution >= 0.6 is 11.3 Å². The number of anilines is 1. The molecule has 2 aromatic rings. The highest BCUT2D eigenvalue weighted by atomic mass is 32.1. The Hall–Kier alpha value is -2.21. The van der Waals surface area contributed by atoms with E-state index in [-0.39, 0.29) is 18.2 Å². The predicted octanol–water partition coefficient (Wildman–Crippen LogP) is 3.20. The molecule has 0 saturated heterocycles. The van der Waals surface area contributed by atoms with Crippen molar-refractivity contribution in [2.75, 3.05) is 18.9 Å². The fourth-order valence-corrected chi connectivity index (χ4v) is 2.72. The lowest BCUT2D eigenvalue weighted by molar-refractivity contribution is -0.129. The van der Waals surface area contributed by atoms with E-state index >= 15 is 0 Å². The topological polar surface area (TPSA) is 62.3 Å². The molecule has 1 aromatic carbocycles. The summed E-state index contributed by atoms with van der Waals surface area (Å²) in [6.07, 6.45) is 2.32. The number of aromatic nitrogens is 1. The van der Waals surface area contributed by atoms with Crippen LogP contribution < -0.4 is 5.32 Å². The van der Waals surface area contributed by atoms with Gasteiger partial charge in [0.05, 0.1) is 12.1 Å². The summed E-state index contributed by atoms with van der Waals surface area (Å²) in [4.78, 5) is 30.2. The highest BCUT2D eigenvalue weighted by Gasteiger charge is 2.13. The standard InChI is InChI=1S/C17H21N3O2S/c1-3-4-10-20(2)15(21)11-14-12-23-17(18-14)19-16(22)13-8-6-5-7-9-13/h5-9,12H,3-4,10-11H2,1-2H3,(H,18,19,22). The van der Waals surface area contributed by atoms with E-state index in [9.17, 15) is 9.59 Å². The van der Waals surface area contributed by atoms with Gasteiger partial charge in [0.1, 0.15) is 0 Å². The molecule has 1 N–H and O–H groups in total. The average molecular weight is 331 g/mol. The molecule has 2 rings (SSSR count). The molecule has 0 atom stereocenters. The van der Waals surface area contributed by atoms with Crippen molar-refractivity contribution in [3.63, 3.8) is 0 Å². The van der Waals surface area contributed by atoms with Crippen molar-refractivity contribution in [1.29, 1.82) is 0 Å². The summed E-state index contributed by atoms with van der Waals surface area (Å²) in [6, 6.07) is 8.98. The first kappa shape index (κ1) is 17.1. The number of unbranched alkanes of at least 4 members (excludes halogenated alkanes) is 1. The maximum Gasteiger partial charge on any atom is 0.257 e. The zero-order valence-electron chi connectivity index (χ0n) is 13.4. The molecule has 0 aliphatic carbocycles. The minimum absolute atomic E-state index is 0.0460. The summed E-state index contributed by atoms with van der Waals surface area (Å²) in [6.45, 7) is 2.86. The van der Waals surface area contributed by atoms with Gasteiger partial charge in [-0.15, -0.1) is 11.3 Å². The lowest BCUT2D eigenvalue weighted by Crippen LogP contribution is -2.29. The monoisotopic (exact) mass is 331 g/mol. The van der Waals surface area contributed by atoms with E-state index in [4.69, 9.17) is 0 Å². The molecule has 0 bridgehead atoms. The van der Waals surface area contributed by atoms with Crippen LogP contribution in [-0.4, -0.2) is 35.3 Å². The molecule has 2 amide bonds. The SMILES string of the molecule is CCCCN(C)C(=O)Cc1csc(NC(=O)c2ccccc2)n1. The first-order valence-electron chi connectivity index (χ1n) is 7.65. The van der Waals surface area contributed by atoms with Crippen molar-refractivity contribution in [2.45, 2.75) is 26.2 Å². The first-order chi connectivity index (χ1) is 11.1. The van der Waals surface area contributed by atoms with Gasteiger partial charge in [0.25, 0.3) is 5.91 Å². The van der Waals surface area contributed by atoms with Gasteiger partial charge in [-0.25, -0.2) is 4.98 Å². The first-order valence-corrected chi connectivity index (χ1v) is 8.53. The van der Waals surface area contributed by atoms with Gasteiger partial charge in [-0.3, -0.25) is 14.9 Å². The molecule has 0 fully saturated rings. The summed E-state index contributed by atoms with van der Waals surface area (Å²) >= 11 is 1.33. The van der Waals surface area contributed by atoms with E-state index in [0.29, 0.717) is 16.4 Å². The third kappa shape index (κ3) is 5.17. The fourth-order valence-electron chi connectivity index (χ4n) is 2.01. The second kappa shape index (κ2) is 8.43. The maximum absolute atomic E-state index is 12.1. The molecule has 0 aliphatic heterocycles. The minimum atomic E-state index is -0.196. The van der Waals surface area contributed by atoms with Crippen molar-refractivity contribution in [3.05, 3.63) is 47.0 Å². The van der Waals surface area contributed by atoms with E-state index < -0.39 is 0 Å². The number of nitrogens with zero attached hydrogens (tertiary/aromatic N) is 2. The Kier molecular flexibility index (Phi) is 6.29. The van der Waals surface area contributed by atoms with E-state index in [0.717, 1.165) is 19.4 Å². The number of thiazole rings is 1. The highest BCUT2D eigenvalue weighted by molar-refractivity contribution is 7.14. The lowest BCUT2D eigenvalue weighted by Gasteiger charge is -2.15. The number of benzene rings is 1. The smallest absolute Gasteiger partial charge is 0.257 e. The van der Waals surface area contributed by atoms with Crippen molar-refractivity contribution in [2.24, 2.45) is 0 Å². The minimum Gasteiger partial charge on any atom is -0.345 e. The van der Waals surface area contributed by atoms with Crippen LogP contribution in [0.4, 0.5) is 5.13 Å². The molecule has 0 radical (unpaired) electrons. The molecular formula is C17H21N3O2S. The second-order valence-corrected chi connectivity index (χ2v) is 6.17. The Labute approximate surface area is 140 Å². The van der Waals surface area contributed by atoms with Gasteiger partial charge in [0.15, 0.2) is 5.13 Å². The summed E-state index contributed by atoms with van der Waals surface area (Å²) < 4.78 is 0. The van der Waals surface area contributed by atoms with Crippen molar-refractivity contribution in [1.82, 2.24) is 9.88 Å². The predicted molar refractivity (Wildman–Crippen MR) is 92.8 cm³/mol. The zero-order chi connectivity index (χ0) is 16.7. The van der Waals surface area contributed by atoms with Crippen LogP contribution in [0.1, 0.15) is 35.8 Å². The van der Waals surface area contributed by atoms with Crippen LogP contribution in [0.15, 0.2) is 35.7 Å². The zero-order valence-corrected chi connectivity index (χ0v) is 14.2. The number of amides is 2. The molecule has 0 aliphatic rings. The Bertz CT molecular complexity index is 655. The number of hydrogen-bond acceptors (Lipinski definition) is 4. The Balaban J connectivity index is 1.90. The molecule has 1 aromatic heterocycles. The van der Waals surface area contributed by atoms with E-state index in [1.165, 1.54) is 11.3 Å². The average Bonchev–Trinajstić information content (AvgIpc) is 3.00. The van der Waals surface area contributed by atoms with E-state index in [1.807, 2.05) is 30.6 Å². The number of likely N-dealkylation sites (N-methyl/N-ethyl adjacent to an activating group) is 1. The largest absolute Gasteiger partial charge is 0.345 e. The van der Waals surface area contributed by atoms with Crippen LogP contribution in [0.2, 0.25) is 0 Å². The van der Waals surface area contributed by atoms with Crippen LogP contribution in [0, 0.1) is 0 Å². The molecule has 0 unspecified atom stereocenters. The highest BCUT2D eigenvalue weighted by Crippen LogP contribution is 2.17. The number of rotatable bonds is 7. The van der Waals surface area contributed by atoms with Gasteiger partial charge in [-0.2, -0.15) is 0 Å². The van der Waals surface area contributed by atoms with Gasteiger partial charge in [0.2, 0.25) is 5.91 Å². The molecule has 5 nitrogen and oxygen atoms in total. The Morgan fingerprint density at radius 3 is 2.70 bits per heavy atom. The normalized spacial score (nSPS) is 10.3. The molecule has 122 valence electrons. The summed E-state index contributed by atoms with van der Waals surface area (Å²) in [7, 11) is 1.81. The third-order valence-corrected chi connectivity index (χ3v) is 4.22. The molecule has 0 saturated carbocycles. The van der Waals surface area contributed by atoms with E-state index in [1.54, 1.807) is 17.0 Å². The summed E-state index contributed by atoms with van der Waals surface area (Å²) in [5, 5.41) is 5.08. The molecule has 6 heteroatoms. The van der Waals surface area contributed by atoms with Crippen molar-refractivity contribution >= 4 is 28.3 Å². The van der Waals surface area contributed by atoms with Crippen molar-refractivity contribution in [3.8, 4) is 0 Å². The second-order valence-electron chi connectivity index (χ2n) is 5.31. The lowest BCUT2D eigenvalue weighted by atomic mass is 10.2. The summed E-state index contributed by atoms with van der Waals surface area (Å²) in [5.41, 5.74) is 1.27. The number of carbonyl (C=O) groups excluding carboxylic acids is 2. The van der Waals surface area contributed by atoms with E-state index in [2.05, 4.69) is 17.2 Å². The Morgan fingerprint density at radius 1 is 1.26 bits per heavy atom. The quantitative estimate of drug-likeness (QED) is 0.847.